The molecule has 0 radical (unpaired) electrons. The SMILES string of the molecule is CC(=O)CC1=CCCC(c2cc(NCc3cccnc3)n3ncc(Br)c3n2)CC1. The summed E-state index contributed by atoms with van der Waals surface area (Å²) in [5.41, 5.74) is 4.27. The second kappa shape index (κ2) is 8.86. The normalized spacial score (nSPS) is 17.0. The van der Waals surface area contributed by atoms with Crippen LogP contribution in [-0.4, -0.2) is 25.4 Å². The van der Waals surface area contributed by atoms with E-state index >= 15 is 0 Å². The third-order valence-electron chi connectivity index (χ3n) is 5.30. The van der Waals surface area contributed by atoms with Crippen molar-refractivity contribution in [2.24, 2.45) is 0 Å². The molecule has 0 fully saturated rings. The van der Waals surface area contributed by atoms with Crippen LogP contribution < -0.4 is 5.32 Å². The van der Waals surface area contributed by atoms with Crippen molar-refractivity contribution in [3.05, 3.63) is 64.2 Å². The Labute approximate surface area is 178 Å². The van der Waals surface area contributed by atoms with Crippen LogP contribution in [0.5, 0.6) is 0 Å². The Morgan fingerprint density at radius 2 is 2.24 bits per heavy atom. The van der Waals surface area contributed by atoms with Crippen molar-refractivity contribution < 1.29 is 4.79 Å². The highest BCUT2D eigenvalue weighted by Crippen LogP contribution is 2.33. The van der Waals surface area contributed by atoms with Gasteiger partial charge in [0.15, 0.2) is 5.65 Å². The first-order valence-corrected chi connectivity index (χ1v) is 10.7. The number of allylic oxidation sites excluding steroid dienone is 2. The van der Waals surface area contributed by atoms with Crippen LogP contribution in [0.4, 0.5) is 5.82 Å². The molecule has 1 unspecified atom stereocenters. The number of halogens is 1. The molecule has 3 aromatic rings. The summed E-state index contributed by atoms with van der Waals surface area (Å²) >= 11 is 3.58. The van der Waals surface area contributed by atoms with Crippen LogP contribution in [0.2, 0.25) is 0 Å². The van der Waals surface area contributed by atoms with Crippen LogP contribution in [0.3, 0.4) is 0 Å². The maximum absolute atomic E-state index is 11.5. The highest BCUT2D eigenvalue weighted by Gasteiger charge is 2.20. The Morgan fingerprint density at radius 3 is 3.03 bits per heavy atom. The fraction of sp³-hybridized carbons (Fsp3) is 0.364. The molecule has 3 aromatic heterocycles. The van der Waals surface area contributed by atoms with Gasteiger partial charge in [0.05, 0.1) is 10.7 Å². The van der Waals surface area contributed by atoms with Crippen LogP contribution in [0.1, 0.15) is 56.2 Å². The summed E-state index contributed by atoms with van der Waals surface area (Å²) in [6.07, 6.45) is 12.2. The summed E-state index contributed by atoms with van der Waals surface area (Å²) < 4.78 is 2.72. The lowest BCUT2D eigenvalue weighted by Gasteiger charge is -2.17. The van der Waals surface area contributed by atoms with Gasteiger partial charge in [-0.15, -0.1) is 0 Å². The second-order valence-electron chi connectivity index (χ2n) is 7.56. The molecule has 7 heteroatoms. The summed E-state index contributed by atoms with van der Waals surface area (Å²) in [6, 6.07) is 6.10. The minimum Gasteiger partial charge on any atom is -0.366 e. The van der Waals surface area contributed by atoms with Gasteiger partial charge >= 0.3 is 0 Å². The zero-order chi connectivity index (χ0) is 20.2. The molecule has 0 bridgehead atoms. The minimum absolute atomic E-state index is 0.235. The van der Waals surface area contributed by atoms with Crippen LogP contribution in [0.25, 0.3) is 5.65 Å². The number of hydrogen-bond acceptors (Lipinski definition) is 5. The number of ketones is 1. The van der Waals surface area contributed by atoms with Gasteiger partial charge < -0.3 is 5.32 Å². The summed E-state index contributed by atoms with van der Waals surface area (Å²) in [7, 11) is 0. The smallest absolute Gasteiger partial charge is 0.171 e. The molecule has 29 heavy (non-hydrogen) atoms. The summed E-state index contributed by atoms with van der Waals surface area (Å²) in [5.74, 6) is 1.52. The topological polar surface area (TPSA) is 72.2 Å². The lowest BCUT2D eigenvalue weighted by molar-refractivity contribution is -0.116. The molecule has 3 heterocycles. The van der Waals surface area contributed by atoms with E-state index in [0.717, 1.165) is 52.9 Å². The van der Waals surface area contributed by atoms with E-state index in [-0.39, 0.29) is 5.78 Å². The minimum atomic E-state index is 0.235. The number of Topliss-reactive ketones (excluding diaryl/α,β-unsaturated/α-hetero) is 1. The van der Waals surface area contributed by atoms with Gasteiger partial charge in [0.1, 0.15) is 11.6 Å². The van der Waals surface area contributed by atoms with Gasteiger partial charge in [-0.2, -0.15) is 9.61 Å². The van der Waals surface area contributed by atoms with Crippen molar-refractivity contribution in [2.45, 2.75) is 51.5 Å². The molecule has 1 aliphatic rings. The molecule has 150 valence electrons. The molecule has 1 N–H and O–H groups in total. The fourth-order valence-corrected chi connectivity index (χ4v) is 4.20. The number of carbonyl (C=O) groups excluding carboxylic acids is 1. The molecular weight excluding hydrogens is 430 g/mol. The van der Waals surface area contributed by atoms with Gasteiger partial charge in [-0.1, -0.05) is 17.7 Å². The third-order valence-corrected chi connectivity index (χ3v) is 5.86. The predicted octanol–water partition coefficient (Wildman–Crippen LogP) is 5.06. The van der Waals surface area contributed by atoms with E-state index < -0.39 is 0 Å². The van der Waals surface area contributed by atoms with Crippen molar-refractivity contribution >= 4 is 33.2 Å². The number of rotatable bonds is 6. The van der Waals surface area contributed by atoms with Crippen LogP contribution in [0.15, 0.2) is 52.9 Å². The average molecular weight is 454 g/mol. The van der Waals surface area contributed by atoms with E-state index in [1.165, 1.54) is 5.57 Å². The standard InChI is InChI=1S/C22H24BrN5O/c1-15(29)10-16-4-2-6-18(8-7-16)20-11-21(25-13-17-5-3-9-24-12-17)28-22(27-20)19(23)14-26-28/h3-5,9,11-12,14,18,25H,2,6-8,10,13H2,1H3. The van der Waals surface area contributed by atoms with Gasteiger partial charge in [0, 0.05) is 43.0 Å². The number of carbonyl (C=O) groups is 1. The molecule has 1 aliphatic carbocycles. The van der Waals surface area contributed by atoms with Gasteiger partial charge in [0.2, 0.25) is 0 Å². The molecule has 1 atom stereocenters. The molecule has 0 aliphatic heterocycles. The molecule has 0 amide bonds. The number of nitrogens with one attached hydrogen (secondary N) is 1. The maximum Gasteiger partial charge on any atom is 0.171 e. The molecular formula is C22H24BrN5O. The van der Waals surface area contributed by atoms with E-state index in [1.54, 1.807) is 19.3 Å². The Balaban J connectivity index is 1.58. The largest absolute Gasteiger partial charge is 0.366 e. The molecule has 6 nitrogen and oxygen atoms in total. The van der Waals surface area contributed by atoms with Gasteiger partial charge in [-0.05, 0) is 60.2 Å². The first-order valence-electron chi connectivity index (χ1n) is 9.94. The quantitative estimate of drug-likeness (QED) is 0.527. The third kappa shape index (κ3) is 4.72. The summed E-state index contributed by atoms with van der Waals surface area (Å²) in [6.45, 7) is 2.33. The Kier molecular flexibility index (Phi) is 6.04. The van der Waals surface area contributed by atoms with Crippen LogP contribution in [-0.2, 0) is 11.3 Å². The average Bonchev–Trinajstić information content (AvgIpc) is 2.94. The van der Waals surface area contributed by atoms with Crippen molar-refractivity contribution in [3.63, 3.8) is 0 Å². The molecule has 0 saturated heterocycles. The lowest BCUT2D eigenvalue weighted by atomic mass is 9.94. The summed E-state index contributed by atoms with van der Waals surface area (Å²) in [5, 5.41) is 7.95. The Morgan fingerprint density at radius 1 is 1.34 bits per heavy atom. The molecule has 0 spiro atoms. The number of hydrogen-bond donors (Lipinski definition) is 1. The van der Waals surface area contributed by atoms with Gasteiger partial charge in [0.25, 0.3) is 0 Å². The number of pyridine rings is 1. The van der Waals surface area contributed by atoms with Crippen molar-refractivity contribution in [3.8, 4) is 0 Å². The van der Waals surface area contributed by atoms with Gasteiger partial charge in [-0.25, -0.2) is 4.98 Å². The fourth-order valence-electron chi connectivity index (χ4n) is 3.86. The highest BCUT2D eigenvalue weighted by molar-refractivity contribution is 9.10. The highest BCUT2D eigenvalue weighted by atomic mass is 79.9. The number of anilines is 1. The van der Waals surface area contributed by atoms with E-state index in [9.17, 15) is 4.79 Å². The number of nitrogens with zero attached hydrogens (tertiary/aromatic N) is 4. The monoisotopic (exact) mass is 453 g/mol. The van der Waals surface area contributed by atoms with E-state index in [2.05, 4.69) is 43.5 Å². The van der Waals surface area contributed by atoms with Crippen molar-refractivity contribution in [1.29, 1.82) is 0 Å². The van der Waals surface area contributed by atoms with Crippen LogP contribution in [0, 0.1) is 0 Å². The van der Waals surface area contributed by atoms with Crippen LogP contribution >= 0.6 is 15.9 Å². The maximum atomic E-state index is 11.5. The molecule has 0 saturated carbocycles. The second-order valence-corrected chi connectivity index (χ2v) is 8.42. The van der Waals surface area contributed by atoms with E-state index in [1.807, 2.05) is 22.8 Å². The molecule has 4 rings (SSSR count). The number of aromatic nitrogens is 4. The first kappa shape index (κ1) is 19.8. The van der Waals surface area contributed by atoms with E-state index in [0.29, 0.717) is 18.9 Å². The number of fused-ring (bicyclic) bond motifs is 1. The predicted molar refractivity (Wildman–Crippen MR) is 117 cm³/mol. The Hall–Kier alpha value is -2.54. The zero-order valence-electron chi connectivity index (χ0n) is 16.4. The van der Waals surface area contributed by atoms with E-state index in [4.69, 9.17) is 4.98 Å². The lowest BCUT2D eigenvalue weighted by Crippen LogP contribution is -2.10. The molecule has 0 aromatic carbocycles. The summed E-state index contributed by atoms with van der Waals surface area (Å²) in [4.78, 5) is 20.6. The Bertz CT molecular complexity index is 1040. The van der Waals surface area contributed by atoms with Crippen molar-refractivity contribution in [1.82, 2.24) is 19.6 Å². The van der Waals surface area contributed by atoms with Gasteiger partial charge in [-0.3, -0.25) is 9.78 Å². The zero-order valence-corrected chi connectivity index (χ0v) is 18.0. The van der Waals surface area contributed by atoms with Crippen molar-refractivity contribution in [2.75, 3.05) is 5.32 Å². The first-order chi connectivity index (χ1) is 14.1.